The van der Waals surface area contributed by atoms with Crippen LogP contribution in [0.1, 0.15) is 52.3 Å². The highest BCUT2D eigenvalue weighted by Crippen LogP contribution is 2.34. The standard InChI is InChI=1S/C22H27FN4O2.C19H16N8O/c1-5-27(6-2)10-9-24-22(29)20-13(3)19(25-14(20)4)12-17-16-11-15(23)7-8-18(16)26-21(17)28;28-7-6-26-12-15(9-22-26)17-10-21-18-19(23-17)27(25-24-18)11-13-3-4-16-14(8-13)2-1-5-20-16/h7-8,11-12,25H,5-6,9-10H2,1-4H3,(H,24,29)(H,26,28);1-5,8-10,12,28H,6-7,11H2/b17-12-;. The molecule has 1 aliphatic rings. The average molecular weight is 771 g/mol. The van der Waals surface area contributed by atoms with Crippen molar-refractivity contribution in [1.29, 1.82) is 0 Å². The van der Waals surface area contributed by atoms with Crippen molar-refractivity contribution in [2.45, 2.75) is 40.8 Å². The molecule has 6 heterocycles. The van der Waals surface area contributed by atoms with E-state index in [1.54, 1.807) is 40.1 Å². The van der Waals surface area contributed by atoms with Crippen molar-refractivity contribution in [3.63, 3.8) is 0 Å². The predicted octanol–water partition coefficient (Wildman–Crippen LogP) is 5.01. The molecular weight excluding hydrogens is 728 g/mol. The van der Waals surface area contributed by atoms with Crippen LogP contribution in [-0.2, 0) is 17.9 Å². The van der Waals surface area contributed by atoms with Gasteiger partial charge in [0.05, 0.1) is 54.4 Å². The van der Waals surface area contributed by atoms with E-state index < -0.39 is 5.82 Å². The maximum absolute atomic E-state index is 13.7. The first-order valence-corrected chi connectivity index (χ1v) is 18.7. The molecule has 0 atom stereocenters. The summed E-state index contributed by atoms with van der Waals surface area (Å²) in [6, 6.07) is 14.3. The van der Waals surface area contributed by atoms with Crippen LogP contribution < -0.4 is 10.6 Å². The Morgan fingerprint density at radius 1 is 1.07 bits per heavy atom. The fraction of sp³-hybridized carbons (Fsp3) is 0.268. The van der Waals surface area contributed by atoms with E-state index in [4.69, 9.17) is 5.11 Å². The fourth-order valence-electron chi connectivity index (χ4n) is 6.78. The quantitative estimate of drug-likeness (QED) is 0.123. The summed E-state index contributed by atoms with van der Waals surface area (Å²) in [6.45, 7) is 12.1. The SMILES string of the molecule is CCN(CC)CCNC(=O)c1c(C)[nH]c(/C=C2\C(=O)Nc3ccc(F)cc32)c1C.OCCn1cc(-c2cnc3nnn(Cc4ccc5ncccc5c4)c3n2)cn1. The van der Waals surface area contributed by atoms with Gasteiger partial charge in [0.25, 0.3) is 11.8 Å². The number of likely N-dealkylation sites (N-methyl/N-ethyl adjacent to an activating group) is 1. The number of H-pyrrole nitrogens is 1. The maximum Gasteiger partial charge on any atom is 0.256 e. The molecule has 57 heavy (non-hydrogen) atoms. The van der Waals surface area contributed by atoms with Crippen molar-refractivity contribution in [2.24, 2.45) is 0 Å². The monoisotopic (exact) mass is 770 g/mol. The number of halogens is 1. The van der Waals surface area contributed by atoms with Crippen molar-refractivity contribution >= 4 is 51.3 Å². The van der Waals surface area contributed by atoms with Crippen LogP contribution >= 0.6 is 0 Å². The number of hydrogen-bond acceptors (Lipinski definition) is 10. The van der Waals surface area contributed by atoms with Crippen molar-refractivity contribution in [3.05, 3.63) is 113 Å². The number of aryl methyl sites for hydroxylation is 1. The van der Waals surface area contributed by atoms with Crippen LogP contribution in [0, 0.1) is 19.7 Å². The van der Waals surface area contributed by atoms with E-state index in [1.165, 1.54) is 12.1 Å². The van der Waals surface area contributed by atoms with Crippen LogP contribution in [0.2, 0.25) is 0 Å². The summed E-state index contributed by atoms with van der Waals surface area (Å²) in [5.74, 6) is -0.836. The van der Waals surface area contributed by atoms with Gasteiger partial charge in [-0.3, -0.25) is 19.3 Å². The minimum Gasteiger partial charge on any atom is -0.394 e. The number of nitrogens with one attached hydrogen (secondary N) is 3. The molecule has 0 fully saturated rings. The van der Waals surface area contributed by atoms with Crippen molar-refractivity contribution < 1.29 is 19.1 Å². The second-order valence-electron chi connectivity index (χ2n) is 13.5. The number of carbonyl (C=O) groups excluding carboxylic acids is 2. The smallest absolute Gasteiger partial charge is 0.256 e. The summed E-state index contributed by atoms with van der Waals surface area (Å²) in [5.41, 5.74) is 8.85. The second-order valence-corrected chi connectivity index (χ2v) is 13.5. The Kier molecular flexibility index (Phi) is 11.5. The van der Waals surface area contributed by atoms with Crippen LogP contribution in [0.4, 0.5) is 10.1 Å². The van der Waals surface area contributed by atoms with E-state index in [2.05, 4.69) is 70.8 Å². The molecule has 0 spiro atoms. The van der Waals surface area contributed by atoms with Gasteiger partial charge in [0.1, 0.15) is 5.82 Å². The van der Waals surface area contributed by atoms with Crippen LogP contribution in [0.25, 0.3) is 45.1 Å². The van der Waals surface area contributed by atoms with Gasteiger partial charge >= 0.3 is 0 Å². The summed E-state index contributed by atoms with van der Waals surface area (Å²) < 4.78 is 17.1. The van der Waals surface area contributed by atoms with Gasteiger partial charge in [0.15, 0.2) is 5.65 Å². The lowest BCUT2D eigenvalue weighted by Crippen LogP contribution is -2.35. The molecule has 1 aliphatic heterocycles. The lowest BCUT2D eigenvalue weighted by molar-refractivity contribution is -0.110. The van der Waals surface area contributed by atoms with Crippen LogP contribution in [-0.4, -0.2) is 99.3 Å². The largest absolute Gasteiger partial charge is 0.394 e. The third kappa shape index (κ3) is 8.46. The minimum absolute atomic E-state index is 0.0315. The van der Waals surface area contributed by atoms with Crippen LogP contribution in [0.3, 0.4) is 0 Å². The summed E-state index contributed by atoms with van der Waals surface area (Å²) in [5, 5.41) is 28.4. The lowest BCUT2D eigenvalue weighted by Gasteiger charge is -2.18. The van der Waals surface area contributed by atoms with E-state index in [9.17, 15) is 14.0 Å². The molecule has 0 bridgehead atoms. The summed E-state index contributed by atoms with van der Waals surface area (Å²) in [6.07, 6.45) is 8.65. The highest BCUT2D eigenvalue weighted by atomic mass is 19.1. The van der Waals surface area contributed by atoms with E-state index in [1.807, 2.05) is 44.3 Å². The predicted molar refractivity (Wildman–Crippen MR) is 216 cm³/mol. The highest BCUT2D eigenvalue weighted by molar-refractivity contribution is 6.35. The Morgan fingerprint density at radius 3 is 2.72 bits per heavy atom. The minimum atomic E-state index is -0.404. The number of pyridine rings is 1. The number of fused-ring (bicyclic) bond motifs is 3. The number of rotatable bonds is 12. The molecule has 0 aliphatic carbocycles. The zero-order valence-electron chi connectivity index (χ0n) is 32.1. The fourth-order valence-corrected chi connectivity index (χ4v) is 6.78. The Labute approximate surface area is 327 Å². The molecule has 2 aromatic carbocycles. The topological polar surface area (TPSA) is 185 Å². The van der Waals surface area contributed by atoms with Crippen LogP contribution in [0.5, 0.6) is 0 Å². The third-order valence-electron chi connectivity index (χ3n) is 9.85. The molecule has 8 rings (SSSR count). The zero-order valence-corrected chi connectivity index (χ0v) is 32.1. The van der Waals surface area contributed by atoms with E-state index >= 15 is 0 Å². The average Bonchev–Trinajstić information content (AvgIpc) is 3.99. The number of aromatic nitrogens is 9. The molecule has 0 saturated heterocycles. The van der Waals surface area contributed by atoms with Gasteiger partial charge in [0, 0.05) is 59.1 Å². The number of benzene rings is 2. The summed E-state index contributed by atoms with van der Waals surface area (Å²) >= 11 is 0. The Morgan fingerprint density at radius 2 is 1.91 bits per heavy atom. The Hall–Kier alpha value is -6.65. The van der Waals surface area contributed by atoms with Crippen LogP contribution in [0.15, 0.2) is 73.3 Å². The van der Waals surface area contributed by atoms with Gasteiger partial charge in [-0.25, -0.2) is 19.0 Å². The molecule has 0 radical (unpaired) electrons. The summed E-state index contributed by atoms with van der Waals surface area (Å²) in [4.78, 5) is 43.9. The van der Waals surface area contributed by atoms with Gasteiger partial charge in [-0.05, 0) is 80.5 Å². The van der Waals surface area contributed by atoms with Gasteiger partial charge in [-0.1, -0.05) is 31.2 Å². The first-order chi connectivity index (χ1) is 27.6. The third-order valence-corrected chi connectivity index (χ3v) is 9.85. The lowest BCUT2D eigenvalue weighted by atomic mass is 10.0. The first kappa shape index (κ1) is 38.6. The number of aliphatic hydroxyl groups is 1. The number of nitrogens with zero attached hydrogens (tertiary/aromatic N) is 9. The Balaban J connectivity index is 0.000000174. The van der Waals surface area contributed by atoms with Gasteiger partial charge in [-0.15, -0.1) is 5.10 Å². The van der Waals surface area contributed by atoms with Gasteiger partial charge in [-0.2, -0.15) is 5.10 Å². The van der Waals surface area contributed by atoms with Gasteiger partial charge in [0.2, 0.25) is 5.65 Å². The van der Waals surface area contributed by atoms with Gasteiger partial charge < -0.3 is 25.6 Å². The van der Waals surface area contributed by atoms with E-state index in [0.717, 1.165) is 52.9 Å². The van der Waals surface area contributed by atoms with Crippen molar-refractivity contribution in [2.75, 3.05) is 38.1 Å². The second kappa shape index (κ2) is 17.0. The molecule has 7 aromatic rings. The highest BCUT2D eigenvalue weighted by Gasteiger charge is 2.26. The van der Waals surface area contributed by atoms with Crippen molar-refractivity contribution in [1.82, 2.24) is 54.9 Å². The molecule has 292 valence electrons. The number of aromatic amines is 1. The number of carbonyl (C=O) groups is 2. The Bertz CT molecular complexity index is 2600. The molecule has 0 unspecified atom stereocenters. The number of hydrogen-bond donors (Lipinski definition) is 4. The number of amides is 2. The molecule has 15 nitrogen and oxygen atoms in total. The number of anilines is 1. The normalized spacial score (nSPS) is 13.0. The van der Waals surface area contributed by atoms with E-state index in [-0.39, 0.29) is 18.4 Å². The van der Waals surface area contributed by atoms with E-state index in [0.29, 0.717) is 64.7 Å². The number of aliphatic hydroxyl groups excluding tert-OH is 1. The van der Waals surface area contributed by atoms with Crippen molar-refractivity contribution in [3.8, 4) is 11.3 Å². The summed E-state index contributed by atoms with van der Waals surface area (Å²) in [7, 11) is 0. The molecule has 5 aromatic heterocycles. The molecular formula is C41H43FN12O3. The molecule has 4 N–H and O–H groups in total. The molecule has 0 saturated carbocycles. The molecule has 16 heteroatoms. The zero-order chi connectivity index (χ0) is 40.1. The molecule has 2 amide bonds. The maximum atomic E-state index is 13.7. The first-order valence-electron chi connectivity index (χ1n) is 18.7.